The minimum atomic E-state index is -0.274. The van der Waals surface area contributed by atoms with E-state index in [9.17, 15) is 4.79 Å². The normalized spacial score (nSPS) is 10.4. The number of para-hydroxylation sites is 3. The third-order valence-electron chi connectivity index (χ3n) is 4.16. The summed E-state index contributed by atoms with van der Waals surface area (Å²) in [6, 6.07) is 21.4. The molecule has 4 rings (SSSR count). The summed E-state index contributed by atoms with van der Waals surface area (Å²) in [5.74, 6) is 1.33. The van der Waals surface area contributed by atoms with Crippen LogP contribution in [0.15, 0.2) is 83.7 Å². The molecule has 0 aliphatic rings. The Morgan fingerprint density at radius 1 is 1.00 bits per heavy atom. The van der Waals surface area contributed by atoms with Crippen molar-refractivity contribution in [2.75, 3.05) is 5.32 Å². The number of hydrogen-bond donors (Lipinski definition) is 1. The molecule has 0 aliphatic heterocycles. The number of carbonyl (C=O) groups is 1. The highest BCUT2D eigenvalue weighted by Crippen LogP contribution is 2.33. The molecule has 0 saturated heterocycles. The van der Waals surface area contributed by atoms with Crippen LogP contribution in [0.4, 0.5) is 5.69 Å². The number of halogens is 1. The van der Waals surface area contributed by atoms with Gasteiger partial charge in [-0.25, -0.2) is 4.98 Å². The summed E-state index contributed by atoms with van der Waals surface area (Å²) in [7, 11) is 0. The standard InChI is InChI=1S/C23H17ClN2O3S/c24-19-8-1-3-10-21(19)29-22-11-4-2-9-20(22)26-23(27)16-6-5-7-18(12-16)28-13-17-14-30-15-25-17/h1-12,14-15H,13H2,(H,26,27). The van der Waals surface area contributed by atoms with Crippen LogP contribution >= 0.6 is 22.9 Å². The maximum Gasteiger partial charge on any atom is 0.255 e. The van der Waals surface area contributed by atoms with Crippen molar-refractivity contribution in [3.63, 3.8) is 0 Å². The summed E-state index contributed by atoms with van der Waals surface area (Å²) in [4.78, 5) is 17.0. The molecule has 30 heavy (non-hydrogen) atoms. The molecule has 3 aromatic carbocycles. The van der Waals surface area contributed by atoms with Crippen LogP contribution < -0.4 is 14.8 Å². The monoisotopic (exact) mass is 436 g/mol. The van der Waals surface area contributed by atoms with Crippen LogP contribution in [0, 0.1) is 0 Å². The third kappa shape index (κ3) is 4.97. The molecule has 1 N–H and O–H groups in total. The van der Waals surface area contributed by atoms with Crippen molar-refractivity contribution in [3.05, 3.63) is 100.0 Å². The van der Waals surface area contributed by atoms with Crippen molar-refractivity contribution >= 4 is 34.5 Å². The van der Waals surface area contributed by atoms with Gasteiger partial charge in [-0.2, -0.15) is 0 Å². The smallest absolute Gasteiger partial charge is 0.255 e. The van der Waals surface area contributed by atoms with Gasteiger partial charge < -0.3 is 14.8 Å². The van der Waals surface area contributed by atoms with Crippen molar-refractivity contribution in [1.29, 1.82) is 0 Å². The summed E-state index contributed by atoms with van der Waals surface area (Å²) in [5, 5.41) is 5.30. The molecule has 0 atom stereocenters. The maximum atomic E-state index is 12.8. The van der Waals surface area contributed by atoms with Crippen LogP contribution in [-0.4, -0.2) is 10.9 Å². The maximum absolute atomic E-state index is 12.8. The van der Waals surface area contributed by atoms with Gasteiger partial charge in [0.1, 0.15) is 18.1 Å². The highest BCUT2D eigenvalue weighted by atomic mass is 35.5. The lowest BCUT2D eigenvalue weighted by molar-refractivity contribution is 0.102. The molecule has 0 bridgehead atoms. The molecule has 4 aromatic rings. The zero-order chi connectivity index (χ0) is 20.8. The topological polar surface area (TPSA) is 60.5 Å². The van der Waals surface area contributed by atoms with E-state index in [4.69, 9.17) is 21.1 Å². The number of ether oxygens (including phenoxy) is 2. The molecule has 5 nitrogen and oxygen atoms in total. The number of hydrogen-bond acceptors (Lipinski definition) is 5. The Morgan fingerprint density at radius 2 is 1.80 bits per heavy atom. The molecular weight excluding hydrogens is 420 g/mol. The van der Waals surface area contributed by atoms with E-state index in [0.29, 0.717) is 40.1 Å². The van der Waals surface area contributed by atoms with Gasteiger partial charge in [-0.3, -0.25) is 4.79 Å². The Labute approximate surface area is 182 Å². The van der Waals surface area contributed by atoms with Crippen molar-refractivity contribution in [2.45, 2.75) is 6.61 Å². The second-order valence-electron chi connectivity index (χ2n) is 6.28. The van der Waals surface area contributed by atoms with Gasteiger partial charge in [0.15, 0.2) is 5.75 Å². The van der Waals surface area contributed by atoms with E-state index in [2.05, 4.69) is 10.3 Å². The number of benzene rings is 3. The molecule has 0 saturated carbocycles. The molecule has 0 aliphatic carbocycles. The van der Waals surface area contributed by atoms with Crippen molar-refractivity contribution in [2.24, 2.45) is 0 Å². The third-order valence-corrected chi connectivity index (χ3v) is 5.11. The quantitative estimate of drug-likeness (QED) is 0.363. The van der Waals surface area contributed by atoms with Crippen LogP contribution in [0.3, 0.4) is 0 Å². The minimum absolute atomic E-state index is 0.274. The minimum Gasteiger partial charge on any atom is -0.487 e. The fourth-order valence-corrected chi connectivity index (χ4v) is 3.41. The molecule has 7 heteroatoms. The van der Waals surface area contributed by atoms with Crippen LogP contribution in [-0.2, 0) is 6.61 Å². The fraction of sp³-hybridized carbons (Fsp3) is 0.0435. The number of nitrogens with zero attached hydrogens (tertiary/aromatic N) is 1. The van der Waals surface area contributed by atoms with Gasteiger partial charge >= 0.3 is 0 Å². The van der Waals surface area contributed by atoms with Crippen LogP contribution in [0.1, 0.15) is 16.1 Å². The highest BCUT2D eigenvalue weighted by Gasteiger charge is 2.12. The van der Waals surface area contributed by atoms with Crippen LogP contribution in [0.2, 0.25) is 5.02 Å². The zero-order valence-electron chi connectivity index (χ0n) is 15.7. The lowest BCUT2D eigenvalue weighted by Crippen LogP contribution is -2.12. The summed E-state index contributed by atoms with van der Waals surface area (Å²) in [6.45, 7) is 0.350. The van der Waals surface area contributed by atoms with E-state index in [1.54, 1.807) is 54.0 Å². The first-order valence-electron chi connectivity index (χ1n) is 9.12. The zero-order valence-corrected chi connectivity index (χ0v) is 17.3. The van der Waals surface area contributed by atoms with Crippen molar-refractivity contribution in [3.8, 4) is 17.2 Å². The van der Waals surface area contributed by atoms with E-state index >= 15 is 0 Å². The summed E-state index contributed by atoms with van der Waals surface area (Å²) in [5.41, 5.74) is 3.61. The number of amides is 1. The average Bonchev–Trinajstić information content (AvgIpc) is 3.29. The van der Waals surface area contributed by atoms with Crippen LogP contribution in [0.5, 0.6) is 17.2 Å². The molecule has 0 unspecified atom stereocenters. The number of rotatable bonds is 7. The van der Waals surface area contributed by atoms with Gasteiger partial charge in [-0.05, 0) is 42.5 Å². The second kappa shape index (κ2) is 9.43. The second-order valence-corrected chi connectivity index (χ2v) is 7.40. The summed E-state index contributed by atoms with van der Waals surface area (Å²) >= 11 is 7.69. The van der Waals surface area contributed by atoms with Gasteiger partial charge in [0.2, 0.25) is 0 Å². The number of carbonyl (C=O) groups excluding carboxylic acids is 1. The SMILES string of the molecule is O=C(Nc1ccccc1Oc1ccccc1Cl)c1cccc(OCc2cscn2)c1. The molecule has 1 amide bonds. The molecule has 0 radical (unpaired) electrons. The van der Waals surface area contributed by atoms with Crippen molar-refractivity contribution in [1.82, 2.24) is 4.98 Å². The van der Waals surface area contributed by atoms with E-state index in [1.807, 2.05) is 29.6 Å². The Hall–Kier alpha value is -3.35. The Balaban J connectivity index is 1.48. The number of aromatic nitrogens is 1. The largest absolute Gasteiger partial charge is 0.487 e. The van der Waals surface area contributed by atoms with Gasteiger partial charge in [-0.15, -0.1) is 11.3 Å². The molecular formula is C23H17ClN2O3S. The predicted molar refractivity (Wildman–Crippen MR) is 119 cm³/mol. The molecule has 0 spiro atoms. The number of anilines is 1. The Bertz CT molecular complexity index is 1150. The van der Waals surface area contributed by atoms with Gasteiger partial charge in [-0.1, -0.05) is 41.9 Å². The molecule has 1 heterocycles. The molecule has 150 valence electrons. The lowest BCUT2D eigenvalue weighted by Gasteiger charge is -2.13. The van der Waals surface area contributed by atoms with E-state index in [-0.39, 0.29) is 5.91 Å². The summed E-state index contributed by atoms with van der Waals surface area (Å²) in [6.07, 6.45) is 0. The summed E-state index contributed by atoms with van der Waals surface area (Å²) < 4.78 is 11.6. The Kier molecular flexibility index (Phi) is 6.27. The molecule has 0 fully saturated rings. The van der Waals surface area contributed by atoms with E-state index < -0.39 is 0 Å². The van der Waals surface area contributed by atoms with E-state index in [0.717, 1.165) is 5.69 Å². The van der Waals surface area contributed by atoms with Crippen molar-refractivity contribution < 1.29 is 14.3 Å². The average molecular weight is 437 g/mol. The first-order valence-corrected chi connectivity index (χ1v) is 10.4. The lowest BCUT2D eigenvalue weighted by atomic mass is 10.2. The van der Waals surface area contributed by atoms with Gasteiger partial charge in [0.25, 0.3) is 5.91 Å². The predicted octanol–water partition coefficient (Wildman–Crippen LogP) is 6.42. The van der Waals surface area contributed by atoms with Gasteiger partial charge in [0.05, 0.1) is 21.9 Å². The number of nitrogens with one attached hydrogen (secondary N) is 1. The first kappa shape index (κ1) is 19.9. The van der Waals surface area contributed by atoms with Crippen LogP contribution in [0.25, 0.3) is 0 Å². The fourth-order valence-electron chi connectivity index (χ4n) is 2.69. The first-order chi connectivity index (χ1) is 14.7. The van der Waals surface area contributed by atoms with Gasteiger partial charge in [0, 0.05) is 10.9 Å². The van der Waals surface area contributed by atoms with E-state index in [1.165, 1.54) is 11.3 Å². The Morgan fingerprint density at radius 3 is 2.60 bits per heavy atom. The number of thiazole rings is 1. The highest BCUT2D eigenvalue weighted by molar-refractivity contribution is 7.07. The molecule has 1 aromatic heterocycles.